The van der Waals surface area contributed by atoms with Gasteiger partial charge in [0.05, 0.1) is 23.0 Å². The van der Waals surface area contributed by atoms with Crippen LogP contribution in [-0.2, 0) is 6.18 Å². The average molecular weight is 434 g/mol. The van der Waals surface area contributed by atoms with E-state index in [0.717, 1.165) is 29.6 Å². The molecule has 1 N–H and O–H groups in total. The Morgan fingerprint density at radius 1 is 0.938 bits per heavy atom. The van der Waals surface area contributed by atoms with Crippen LogP contribution in [0.3, 0.4) is 0 Å². The van der Waals surface area contributed by atoms with Crippen LogP contribution in [0.4, 0.5) is 13.2 Å². The van der Waals surface area contributed by atoms with Gasteiger partial charge in [0.15, 0.2) is 0 Å². The minimum Gasteiger partial charge on any atom is -0.267 e. The second kappa shape index (κ2) is 8.89. The zero-order chi connectivity index (χ0) is 22.6. The molecule has 1 heterocycles. The molecule has 0 unspecified atom stereocenters. The first-order chi connectivity index (χ1) is 15.4. The molecule has 0 fully saturated rings. The van der Waals surface area contributed by atoms with E-state index < -0.39 is 17.6 Å². The quantitative estimate of drug-likeness (QED) is 0.341. The lowest BCUT2D eigenvalue weighted by Crippen LogP contribution is -2.18. The van der Waals surface area contributed by atoms with Gasteiger partial charge in [-0.25, -0.2) is 10.1 Å². The molecule has 0 saturated carbocycles. The third kappa shape index (κ3) is 4.75. The van der Waals surface area contributed by atoms with Crippen molar-refractivity contribution in [3.8, 4) is 16.9 Å². The predicted octanol–water partition coefficient (Wildman–Crippen LogP) is 5.32. The summed E-state index contributed by atoms with van der Waals surface area (Å²) >= 11 is 0. The molecule has 0 radical (unpaired) electrons. The van der Waals surface area contributed by atoms with E-state index in [0.29, 0.717) is 5.69 Å². The number of amides is 1. The van der Waals surface area contributed by atoms with E-state index in [1.807, 2.05) is 60.7 Å². The van der Waals surface area contributed by atoms with E-state index >= 15 is 0 Å². The van der Waals surface area contributed by atoms with Crippen molar-refractivity contribution < 1.29 is 18.0 Å². The Labute approximate surface area is 181 Å². The summed E-state index contributed by atoms with van der Waals surface area (Å²) in [5.74, 6) is -0.533. The van der Waals surface area contributed by atoms with Crippen molar-refractivity contribution in [1.29, 1.82) is 0 Å². The summed E-state index contributed by atoms with van der Waals surface area (Å²) in [5, 5.41) is 8.38. The predicted molar refractivity (Wildman–Crippen MR) is 116 cm³/mol. The maximum Gasteiger partial charge on any atom is 0.416 e. The maximum absolute atomic E-state index is 12.9. The van der Waals surface area contributed by atoms with Crippen molar-refractivity contribution in [3.05, 3.63) is 108 Å². The molecule has 4 rings (SSSR count). The minimum atomic E-state index is -4.45. The molecule has 0 saturated heterocycles. The number of benzene rings is 3. The molecule has 32 heavy (non-hydrogen) atoms. The van der Waals surface area contributed by atoms with Crippen LogP contribution in [0, 0.1) is 0 Å². The molecule has 1 amide bonds. The lowest BCUT2D eigenvalue weighted by atomic mass is 10.1. The topological polar surface area (TPSA) is 59.3 Å². The number of nitrogens with zero attached hydrogens (tertiary/aromatic N) is 3. The number of carbonyl (C=O) groups excluding carboxylic acids is 1. The Bertz CT molecular complexity index is 1250. The van der Waals surface area contributed by atoms with Crippen molar-refractivity contribution in [3.63, 3.8) is 0 Å². The summed E-state index contributed by atoms with van der Waals surface area (Å²) < 4.78 is 40.2. The lowest BCUT2D eigenvalue weighted by Gasteiger charge is -2.06. The van der Waals surface area contributed by atoms with Gasteiger partial charge in [-0.05, 0) is 29.8 Å². The fraction of sp³-hybridized carbons (Fsp3) is 0.0417. The third-order valence-electron chi connectivity index (χ3n) is 4.62. The molecule has 0 aliphatic heterocycles. The first-order valence-electron chi connectivity index (χ1n) is 9.63. The second-order valence-corrected chi connectivity index (χ2v) is 6.86. The van der Waals surface area contributed by atoms with Gasteiger partial charge >= 0.3 is 6.18 Å². The van der Waals surface area contributed by atoms with Crippen LogP contribution in [0.1, 0.15) is 21.5 Å². The fourth-order valence-corrected chi connectivity index (χ4v) is 3.08. The van der Waals surface area contributed by atoms with Crippen LogP contribution in [0.25, 0.3) is 16.9 Å². The number of aromatic nitrogens is 2. The number of hydrazone groups is 1. The van der Waals surface area contributed by atoms with Crippen LogP contribution < -0.4 is 5.43 Å². The van der Waals surface area contributed by atoms with E-state index in [4.69, 9.17) is 0 Å². The smallest absolute Gasteiger partial charge is 0.267 e. The van der Waals surface area contributed by atoms with E-state index in [2.05, 4.69) is 15.6 Å². The standard InChI is InChI=1S/C24H17F3N4O/c25-24(26,27)19-11-7-8-17(14-19)15-28-29-23(32)21-16-31(20-12-5-2-6-13-20)30-22(21)18-9-3-1-4-10-18/h1-16H,(H,29,32)/b28-15+. The number of hydrogen-bond acceptors (Lipinski definition) is 3. The highest BCUT2D eigenvalue weighted by Gasteiger charge is 2.30. The number of rotatable bonds is 5. The molecule has 0 aliphatic carbocycles. The summed E-state index contributed by atoms with van der Waals surface area (Å²) in [4.78, 5) is 12.8. The Hall–Kier alpha value is -4.20. The van der Waals surface area contributed by atoms with Gasteiger partial charge in [0.1, 0.15) is 5.69 Å². The van der Waals surface area contributed by atoms with Crippen LogP contribution in [0.2, 0.25) is 0 Å². The second-order valence-electron chi connectivity index (χ2n) is 6.86. The summed E-state index contributed by atoms with van der Waals surface area (Å²) in [7, 11) is 0. The van der Waals surface area contributed by atoms with E-state index in [9.17, 15) is 18.0 Å². The molecule has 0 spiro atoms. The summed E-state index contributed by atoms with van der Waals surface area (Å²) in [6.45, 7) is 0. The van der Waals surface area contributed by atoms with Crippen LogP contribution >= 0.6 is 0 Å². The summed E-state index contributed by atoms with van der Waals surface area (Å²) in [6.07, 6.45) is -1.70. The van der Waals surface area contributed by atoms with Gasteiger partial charge in [-0.15, -0.1) is 0 Å². The molecule has 1 aromatic heterocycles. The molecule has 4 aromatic rings. The van der Waals surface area contributed by atoms with Gasteiger partial charge in [-0.1, -0.05) is 60.7 Å². The molecule has 0 aliphatic rings. The van der Waals surface area contributed by atoms with Crippen molar-refractivity contribution in [2.24, 2.45) is 5.10 Å². The highest BCUT2D eigenvalue weighted by atomic mass is 19.4. The SMILES string of the molecule is O=C(N/N=C/c1cccc(C(F)(F)F)c1)c1cn(-c2ccccc2)nc1-c1ccccc1. The van der Waals surface area contributed by atoms with Crippen LogP contribution in [0.15, 0.2) is 96.2 Å². The highest BCUT2D eigenvalue weighted by Crippen LogP contribution is 2.29. The van der Waals surface area contributed by atoms with E-state index in [1.165, 1.54) is 12.1 Å². The first kappa shape index (κ1) is 21.0. The van der Waals surface area contributed by atoms with Crippen molar-refractivity contribution in [1.82, 2.24) is 15.2 Å². The van der Waals surface area contributed by atoms with Gasteiger partial charge in [0, 0.05) is 11.8 Å². The lowest BCUT2D eigenvalue weighted by molar-refractivity contribution is -0.137. The fourth-order valence-electron chi connectivity index (χ4n) is 3.08. The minimum absolute atomic E-state index is 0.211. The summed E-state index contributed by atoms with van der Waals surface area (Å²) in [6, 6.07) is 23.2. The van der Waals surface area contributed by atoms with Gasteiger partial charge in [-0.3, -0.25) is 4.79 Å². The van der Waals surface area contributed by atoms with Gasteiger partial charge in [0.25, 0.3) is 5.91 Å². The van der Waals surface area contributed by atoms with E-state index in [-0.39, 0.29) is 11.1 Å². The molecule has 5 nitrogen and oxygen atoms in total. The number of carbonyl (C=O) groups is 1. The molecule has 0 bridgehead atoms. The van der Waals surface area contributed by atoms with Crippen molar-refractivity contribution in [2.45, 2.75) is 6.18 Å². The largest absolute Gasteiger partial charge is 0.416 e. The number of nitrogens with one attached hydrogen (secondary N) is 1. The monoisotopic (exact) mass is 434 g/mol. The van der Waals surface area contributed by atoms with Gasteiger partial charge in [-0.2, -0.15) is 23.4 Å². The van der Waals surface area contributed by atoms with Gasteiger partial charge in [0.2, 0.25) is 0 Å². The highest BCUT2D eigenvalue weighted by molar-refractivity contribution is 6.00. The Balaban J connectivity index is 1.60. The number of hydrogen-bond donors (Lipinski definition) is 1. The van der Waals surface area contributed by atoms with Crippen LogP contribution in [-0.4, -0.2) is 21.9 Å². The molecule has 0 atom stereocenters. The molecule has 8 heteroatoms. The molecule has 160 valence electrons. The third-order valence-corrected chi connectivity index (χ3v) is 4.62. The van der Waals surface area contributed by atoms with Gasteiger partial charge < -0.3 is 0 Å². The van der Waals surface area contributed by atoms with Crippen molar-refractivity contribution >= 4 is 12.1 Å². The zero-order valence-electron chi connectivity index (χ0n) is 16.6. The number of para-hydroxylation sites is 1. The van der Waals surface area contributed by atoms with Crippen LogP contribution in [0.5, 0.6) is 0 Å². The normalized spacial score (nSPS) is 11.6. The number of alkyl halides is 3. The first-order valence-corrected chi connectivity index (χ1v) is 9.63. The Kier molecular flexibility index (Phi) is 5.85. The van der Waals surface area contributed by atoms with Crippen molar-refractivity contribution in [2.75, 3.05) is 0 Å². The molecular formula is C24H17F3N4O. The summed E-state index contributed by atoms with van der Waals surface area (Å²) in [5.41, 5.74) is 4.06. The Morgan fingerprint density at radius 2 is 1.62 bits per heavy atom. The molecular weight excluding hydrogens is 417 g/mol. The average Bonchev–Trinajstić information content (AvgIpc) is 3.26. The maximum atomic E-state index is 12.9. The molecule has 3 aromatic carbocycles. The number of halogens is 3. The van der Waals surface area contributed by atoms with E-state index in [1.54, 1.807) is 10.9 Å². The zero-order valence-corrected chi connectivity index (χ0v) is 16.6. The Morgan fingerprint density at radius 3 is 2.31 bits per heavy atom.